The van der Waals surface area contributed by atoms with Crippen molar-refractivity contribution in [3.63, 3.8) is 0 Å². The molecule has 0 radical (unpaired) electrons. The van der Waals surface area contributed by atoms with Gasteiger partial charge in [0, 0.05) is 45.5 Å². The fourth-order valence-electron chi connectivity index (χ4n) is 2.81. The molecular weight excluding hydrogens is 341 g/mol. The molecule has 7 nitrogen and oxygen atoms in total. The maximum atomic E-state index is 13.0. The van der Waals surface area contributed by atoms with Gasteiger partial charge in [0.1, 0.15) is 5.82 Å². The van der Waals surface area contributed by atoms with Gasteiger partial charge in [0.2, 0.25) is 0 Å². The topological polar surface area (TPSA) is 85.8 Å². The third-order valence-electron chi connectivity index (χ3n) is 4.07. The smallest absolute Gasteiger partial charge is 0.394 e. The highest BCUT2D eigenvalue weighted by molar-refractivity contribution is 5.78. The monoisotopic (exact) mass is 360 g/mol. The summed E-state index contributed by atoms with van der Waals surface area (Å²) >= 11 is 0. The zero-order valence-corrected chi connectivity index (χ0v) is 13.7. The maximum absolute atomic E-state index is 13.0. The zero-order chi connectivity index (χ0) is 18.8. The van der Waals surface area contributed by atoms with Crippen LogP contribution in [0.1, 0.15) is 5.56 Å². The summed E-state index contributed by atoms with van der Waals surface area (Å²) in [6, 6.07) is 2.70. The van der Waals surface area contributed by atoms with Crippen LogP contribution >= 0.6 is 0 Å². The van der Waals surface area contributed by atoms with Gasteiger partial charge in [-0.3, -0.25) is 4.79 Å². The summed E-state index contributed by atoms with van der Waals surface area (Å²) in [4.78, 5) is 30.0. The molecule has 2 atom stereocenters. The molecule has 0 spiro atoms. The van der Waals surface area contributed by atoms with Crippen LogP contribution in [0, 0.1) is 11.8 Å². The van der Waals surface area contributed by atoms with Gasteiger partial charge >= 0.3 is 18.2 Å². The van der Waals surface area contributed by atoms with E-state index in [1.807, 2.05) is 0 Å². The molecule has 1 aliphatic rings. The van der Waals surface area contributed by atoms with E-state index < -0.39 is 43.1 Å². The van der Waals surface area contributed by atoms with Crippen molar-refractivity contribution >= 4 is 17.8 Å². The van der Waals surface area contributed by atoms with Gasteiger partial charge in [-0.25, -0.2) is 9.78 Å². The molecule has 1 fully saturated rings. The molecule has 10 heteroatoms. The van der Waals surface area contributed by atoms with Crippen molar-refractivity contribution in [3.05, 3.63) is 23.9 Å². The number of pyridine rings is 1. The highest BCUT2D eigenvalue weighted by Gasteiger charge is 2.53. The molecule has 2 amide bonds. The van der Waals surface area contributed by atoms with E-state index in [4.69, 9.17) is 5.11 Å². The van der Waals surface area contributed by atoms with Crippen LogP contribution in [0.25, 0.3) is 0 Å². The summed E-state index contributed by atoms with van der Waals surface area (Å²) in [6.45, 7) is -1.07. The second-order valence-corrected chi connectivity index (χ2v) is 6.04. The Morgan fingerprint density at radius 1 is 1.40 bits per heavy atom. The van der Waals surface area contributed by atoms with E-state index in [9.17, 15) is 22.8 Å². The number of halogens is 3. The van der Waals surface area contributed by atoms with Gasteiger partial charge in [-0.2, -0.15) is 13.2 Å². The number of nitrogens with zero attached hydrogens (tertiary/aromatic N) is 3. The summed E-state index contributed by atoms with van der Waals surface area (Å²) in [7, 11) is 3.55. The Balaban J connectivity index is 2.04. The Morgan fingerprint density at radius 2 is 2.08 bits per heavy atom. The first-order valence-corrected chi connectivity index (χ1v) is 7.54. The van der Waals surface area contributed by atoms with Crippen molar-refractivity contribution in [1.82, 2.24) is 15.2 Å². The molecule has 0 saturated carbocycles. The van der Waals surface area contributed by atoms with Crippen molar-refractivity contribution in [1.29, 1.82) is 0 Å². The summed E-state index contributed by atoms with van der Waals surface area (Å²) in [5.74, 6) is -4.64. The fourth-order valence-corrected chi connectivity index (χ4v) is 2.81. The molecule has 25 heavy (non-hydrogen) atoms. The normalized spacial score (nSPS) is 20.4. The summed E-state index contributed by atoms with van der Waals surface area (Å²) in [6.07, 6.45) is -3.08. The molecule has 1 aromatic heterocycles. The van der Waals surface area contributed by atoms with Gasteiger partial charge in [0.05, 0.1) is 11.8 Å². The molecule has 0 unspecified atom stereocenters. The van der Waals surface area contributed by atoms with E-state index in [1.54, 1.807) is 37.3 Å². The van der Waals surface area contributed by atoms with Crippen LogP contribution in [-0.4, -0.2) is 60.4 Å². The number of amides is 2. The second-order valence-electron chi connectivity index (χ2n) is 6.04. The average molecular weight is 360 g/mol. The highest BCUT2D eigenvalue weighted by atomic mass is 19.4. The minimum Gasteiger partial charge on any atom is -0.481 e. The number of anilines is 1. The number of alkyl halides is 3. The summed E-state index contributed by atoms with van der Waals surface area (Å²) in [5, 5.41) is 11.5. The van der Waals surface area contributed by atoms with Crippen LogP contribution in [0.2, 0.25) is 0 Å². The predicted octanol–water partition coefficient (Wildman–Crippen LogP) is 1.55. The quantitative estimate of drug-likeness (QED) is 0.851. The largest absolute Gasteiger partial charge is 0.481 e. The van der Waals surface area contributed by atoms with Crippen LogP contribution in [0.15, 0.2) is 18.3 Å². The van der Waals surface area contributed by atoms with E-state index in [0.29, 0.717) is 11.4 Å². The molecule has 2 heterocycles. The Morgan fingerprint density at radius 3 is 2.60 bits per heavy atom. The fraction of sp³-hybridized carbons (Fsp3) is 0.533. The number of aliphatic carboxylic acids is 1. The van der Waals surface area contributed by atoms with Crippen LogP contribution in [0.4, 0.5) is 23.8 Å². The number of urea groups is 1. The lowest BCUT2D eigenvalue weighted by atomic mass is 9.96. The molecule has 1 saturated heterocycles. The summed E-state index contributed by atoms with van der Waals surface area (Å²) in [5.41, 5.74) is 0.696. The van der Waals surface area contributed by atoms with E-state index in [1.165, 1.54) is 0 Å². The Bertz CT molecular complexity index is 651. The maximum Gasteiger partial charge on any atom is 0.394 e. The first-order chi connectivity index (χ1) is 11.6. The highest BCUT2D eigenvalue weighted by Crippen LogP contribution is 2.37. The third-order valence-corrected chi connectivity index (χ3v) is 4.07. The third kappa shape index (κ3) is 4.31. The van der Waals surface area contributed by atoms with E-state index in [0.717, 1.165) is 4.90 Å². The van der Waals surface area contributed by atoms with E-state index in [-0.39, 0.29) is 6.54 Å². The van der Waals surface area contributed by atoms with Crippen LogP contribution in [0.5, 0.6) is 0 Å². The number of likely N-dealkylation sites (tertiary alicyclic amines) is 1. The second kappa shape index (κ2) is 7.16. The molecule has 2 rings (SSSR count). The van der Waals surface area contributed by atoms with Crippen molar-refractivity contribution in [2.45, 2.75) is 12.7 Å². The lowest BCUT2D eigenvalue weighted by molar-refractivity contribution is -0.187. The number of carbonyl (C=O) groups excluding carboxylic acids is 1. The lowest BCUT2D eigenvalue weighted by Crippen LogP contribution is -2.39. The lowest BCUT2D eigenvalue weighted by Gasteiger charge is -2.20. The van der Waals surface area contributed by atoms with Gasteiger partial charge in [-0.1, -0.05) is 6.07 Å². The van der Waals surface area contributed by atoms with E-state index in [2.05, 4.69) is 10.3 Å². The average Bonchev–Trinajstić information content (AvgIpc) is 2.98. The molecule has 138 valence electrons. The SMILES string of the molecule is CN(C)c1ncccc1CNC(=O)N1C[C@@H](C(F)(F)F)[C@H](C(=O)O)C1. The standard InChI is InChI=1S/C15H19F3N4O3/c1-21(2)12-9(4-3-5-19-12)6-20-14(25)22-7-10(13(23)24)11(8-22)15(16,17)18/h3-5,10-11H,6-8H2,1-2H3,(H,20,25)(H,23,24)/t10-,11-/m1/s1. The Hall–Kier alpha value is -2.52. The number of rotatable bonds is 4. The van der Waals surface area contributed by atoms with Crippen molar-refractivity contribution < 1.29 is 27.9 Å². The Kier molecular flexibility index (Phi) is 5.39. The van der Waals surface area contributed by atoms with Crippen LogP contribution in [-0.2, 0) is 11.3 Å². The zero-order valence-electron chi connectivity index (χ0n) is 13.7. The van der Waals surface area contributed by atoms with Crippen molar-refractivity contribution in [2.24, 2.45) is 11.8 Å². The van der Waals surface area contributed by atoms with Gasteiger partial charge in [0.15, 0.2) is 0 Å². The number of nitrogens with one attached hydrogen (secondary N) is 1. The number of hydrogen-bond acceptors (Lipinski definition) is 4. The molecule has 1 aromatic rings. The van der Waals surface area contributed by atoms with Gasteiger partial charge in [-0.15, -0.1) is 0 Å². The molecule has 1 aliphatic heterocycles. The molecule has 2 N–H and O–H groups in total. The van der Waals surface area contributed by atoms with Gasteiger partial charge in [0.25, 0.3) is 0 Å². The first-order valence-electron chi connectivity index (χ1n) is 7.54. The number of aromatic nitrogens is 1. The summed E-state index contributed by atoms with van der Waals surface area (Å²) < 4.78 is 38.9. The minimum absolute atomic E-state index is 0.0745. The number of carboxylic acid groups (broad SMARTS) is 1. The van der Waals surface area contributed by atoms with Crippen molar-refractivity contribution in [3.8, 4) is 0 Å². The molecular formula is C15H19F3N4O3. The number of carbonyl (C=O) groups is 2. The van der Waals surface area contributed by atoms with Gasteiger partial charge < -0.3 is 20.2 Å². The van der Waals surface area contributed by atoms with Crippen molar-refractivity contribution in [2.75, 3.05) is 32.1 Å². The van der Waals surface area contributed by atoms with Gasteiger partial charge in [-0.05, 0) is 6.07 Å². The molecule has 0 aliphatic carbocycles. The predicted molar refractivity (Wildman–Crippen MR) is 83.0 cm³/mol. The van der Waals surface area contributed by atoms with Crippen LogP contribution < -0.4 is 10.2 Å². The molecule has 0 aromatic carbocycles. The number of carboxylic acids is 1. The van der Waals surface area contributed by atoms with E-state index >= 15 is 0 Å². The van der Waals surface area contributed by atoms with Crippen LogP contribution in [0.3, 0.4) is 0 Å². The first kappa shape index (κ1) is 18.8. The molecule has 0 bridgehead atoms. The minimum atomic E-state index is -4.67. The number of hydrogen-bond donors (Lipinski definition) is 2. The Labute approximate surface area is 142 Å².